The number of ketones is 1. The highest BCUT2D eigenvalue weighted by Gasteiger charge is 2.31. The van der Waals surface area contributed by atoms with Crippen molar-refractivity contribution in [2.24, 2.45) is 0 Å². The van der Waals surface area contributed by atoms with E-state index in [1.54, 1.807) is 13.2 Å². The molecule has 1 aliphatic rings. The first-order valence-electron chi connectivity index (χ1n) is 10.5. The summed E-state index contributed by atoms with van der Waals surface area (Å²) in [7, 11) is 1.61. The maximum atomic E-state index is 12.7. The van der Waals surface area contributed by atoms with Gasteiger partial charge in [0.25, 0.3) is 0 Å². The van der Waals surface area contributed by atoms with Gasteiger partial charge in [-0.15, -0.1) is 0 Å². The smallest absolute Gasteiger partial charge is 0.174 e. The van der Waals surface area contributed by atoms with Gasteiger partial charge in [-0.3, -0.25) is 4.79 Å². The zero-order valence-electron chi connectivity index (χ0n) is 18.6. The van der Waals surface area contributed by atoms with E-state index in [2.05, 4.69) is 26.8 Å². The fraction of sp³-hybridized carbons (Fsp3) is 0.346. The third kappa shape index (κ3) is 5.91. The molecule has 0 aliphatic carbocycles. The summed E-state index contributed by atoms with van der Waals surface area (Å²) in [4.78, 5) is 12.7. The van der Waals surface area contributed by atoms with Gasteiger partial charge in [0.15, 0.2) is 5.78 Å². The number of methoxy groups -OCH3 is 1. The summed E-state index contributed by atoms with van der Waals surface area (Å²) in [6, 6.07) is 10.6. The number of carbonyl (C=O) groups excluding carboxylic acids is 1. The Labute approximate surface area is 184 Å². The summed E-state index contributed by atoms with van der Waals surface area (Å²) in [5.41, 5.74) is 3.65. The number of fused-ring (bicyclic) bond motifs is 1. The molecule has 0 amide bonds. The van der Waals surface area contributed by atoms with Crippen molar-refractivity contribution in [3.8, 4) is 23.0 Å². The summed E-state index contributed by atoms with van der Waals surface area (Å²) >= 11 is 0. The van der Waals surface area contributed by atoms with Crippen LogP contribution in [-0.2, 0) is 0 Å². The molecule has 0 fully saturated rings. The first-order chi connectivity index (χ1) is 14.9. The number of phenols is 1. The van der Waals surface area contributed by atoms with E-state index in [-0.39, 0.29) is 23.5 Å². The lowest BCUT2D eigenvalue weighted by Gasteiger charge is -2.26. The zero-order valence-corrected chi connectivity index (χ0v) is 18.6. The molecule has 5 nitrogen and oxygen atoms in total. The Morgan fingerprint density at radius 1 is 1.13 bits per heavy atom. The largest absolute Gasteiger partial charge is 0.507 e. The molecule has 0 saturated heterocycles. The molecule has 1 heterocycles. The van der Waals surface area contributed by atoms with E-state index in [1.165, 1.54) is 17.2 Å². The lowest BCUT2D eigenvalue weighted by molar-refractivity contribution is 0.0844. The van der Waals surface area contributed by atoms with Crippen LogP contribution in [0.4, 0.5) is 0 Å². The van der Waals surface area contributed by atoms with Gasteiger partial charge in [0.1, 0.15) is 41.3 Å². The number of Topliss-reactive ketones (excluding diaryl/α,β-unsaturated/α-hetero) is 1. The summed E-state index contributed by atoms with van der Waals surface area (Å²) in [6.07, 6.45) is 5.98. The Kier molecular flexibility index (Phi) is 7.40. The highest BCUT2D eigenvalue weighted by atomic mass is 16.5. The first kappa shape index (κ1) is 22.5. The van der Waals surface area contributed by atoms with Gasteiger partial charge >= 0.3 is 0 Å². The number of ether oxygens (including phenoxy) is 3. The summed E-state index contributed by atoms with van der Waals surface area (Å²) in [5, 5.41) is 10.4. The average Bonchev–Trinajstić information content (AvgIpc) is 2.73. The van der Waals surface area contributed by atoms with E-state index in [0.717, 1.165) is 24.2 Å². The maximum Gasteiger partial charge on any atom is 0.174 e. The van der Waals surface area contributed by atoms with Gasteiger partial charge in [-0.25, -0.2) is 0 Å². The Morgan fingerprint density at radius 2 is 1.87 bits per heavy atom. The van der Waals surface area contributed by atoms with Gasteiger partial charge in [0.05, 0.1) is 13.5 Å². The average molecular weight is 423 g/mol. The van der Waals surface area contributed by atoms with Crippen LogP contribution < -0.4 is 14.2 Å². The molecule has 1 unspecified atom stereocenters. The van der Waals surface area contributed by atoms with Crippen molar-refractivity contribution in [1.82, 2.24) is 0 Å². The molecule has 0 bridgehead atoms. The van der Waals surface area contributed by atoms with E-state index >= 15 is 0 Å². The van der Waals surface area contributed by atoms with Crippen LogP contribution in [0.25, 0.3) is 0 Å². The highest BCUT2D eigenvalue weighted by Crippen LogP contribution is 2.42. The normalized spacial score (nSPS) is 15.7. The SMILES string of the molecule is COc1ccc(C2CC(=O)c3c(O)cc(OC/C=C(/C)CCC=C(C)C)cc3O2)cc1. The fourth-order valence-corrected chi connectivity index (χ4v) is 3.47. The molecule has 0 radical (unpaired) electrons. The summed E-state index contributed by atoms with van der Waals surface area (Å²) in [6.45, 7) is 6.65. The minimum absolute atomic E-state index is 0.116. The lowest BCUT2D eigenvalue weighted by Crippen LogP contribution is -2.20. The minimum atomic E-state index is -0.419. The van der Waals surface area contributed by atoms with Gasteiger partial charge in [0, 0.05) is 12.1 Å². The fourth-order valence-electron chi connectivity index (χ4n) is 3.47. The van der Waals surface area contributed by atoms with Crippen molar-refractivity contribution in [3.05, 3.63) is 70.8 Å². The van der Waals surface area contributed by atoms with Gasteiger partial charge in [-0.05, 0) is 57.4 Å². The van der Waals surface area contributed by atoms with Crippen LogP contribution in [-0.4, -0.2) is 24.6 Å². The molecule has 1 aliphatic heterocycles. The summed E-state index contributed by atoms with van der Waals surface area (Å²) in [5.74, 6) is 1.28. The van der Waals surface area contributed by atoms with E-state index in [0.29, 0.717) is 18.1 Å². The van der Waals surface area contributed by atoms with Crippen LogP contribution in [0.3, 0.4) is 0 Å². The van der Waals surface area contributed by atoms with Crippen molar-refractivity contribution in [1.29, 1.82) is 0 Å². The zero-order chi connectivity index (χ0) is 22.4. The van der Waals surface area contributed by atoms with Crippen molar-refractivity contribution in [3.63, 3.8) is 0 Å². The third-order valence-electron chi connectivity index (χ3n) is 5.23. The number of benzene rings is 2. The molecule has 0 spiro atoms. The number of allylic oxidation sites excluding steroid dienone is 3. The standard InChI is InChI=1S/C26H30O5/c1-17(2)6-5-7-18(3)12-13-30-21-14-22(27)26-23(28)16-24(31-25(26)15-21)19-8-10-20(29-4)11-9-19/h6,8-12,14-15,24,27H,5,7,13,16H2,1-4H3/b18-12-. The lowest BCUT2D eigenvalue weighted by atomic mass is 9.95. The van der Waals surface area contributed by atoms with Gasteiger partial charge < -0.3 is 19.3 Å². The predicted molar refractivity (Wildman–Crippen MR) is 121 cm³/mol. The van der Waals surface area contributed by atoms with Crippen molar-refractivity contribution >= 4 is 5.78 Å². The van der Waals surface area contributed by atoms with Crippen molar-refractivity contribution in [2.75, 3.05) is 13.7 Å². The molecule has 2 aromatic rings. The molecular formula is C26H30O5. The number of phenolic OH excluding ortho intramolecular Hbond substituents is 1. The number of aromatic hydroxyl groups is 1. The van der Waals surface area contributed by atoms with Crippen LogP contribution >= 0.6 is 0 Å². The maximum absolute atomic E-state index is 12.7. The van der Waals surface area contributed by atoms with Gasteiger partial charge in [-0.2, -0.15) is 0 Å². The van der Waals surface area contributed by atoms with Crippen molar-refractivity contribution < 1.29 is 24.1 Å². The molecule has 3 rings (SSSR count). The Bertz CT molecular complexity index is 982. The van der Waals surface area contributed by atoms with Gasteiger partial charge in [-0.1, -0.05) is 29.4 Å². The third-order valence-corrected chi connectivity index (χ3v) is 5.23. The molecule has 31 heavy (non-hydrogen) atoms. The topological polar surface area (TPSA) is 65.0 Å². The first-order valence-corrected chi connectivity index (χ1v) is 10.5. The second-order valence-corrected chi connectivity index (χ2v) is 8.00. The second kappa shape index (κ2) is 10.2. The Morgan fingerprint density at radius 3 is 2.55 bits per heavy atom. The van der Waals surface area contributed by atoms with Crippen LogP contribution in [0, 0.1) is 0 Å². The number of hydrogen-bond donors (Lipinski definition) is 1. The molecule has 0 aromatic heterocycles. The van der Waals surface area contributed by atoms with Crippen LogP contribution in [0.15, 0.2) is 59.7 Å². The van der Waals surface area contributed by atoms with Crippen LogP contribution in [0.1, 0.15) is 62.1 Å². The molecule has 1 N–H and O–H groups in total. The van der Waals surface area contributed by atoms with E-state index in [9.17, 15) is 9.90 Å². The highest BCUT2D eigenvalue weighted by molar-refractivity contribution is 6.02. The van der Waals surface area contributed by atoms with Gasteiger partial charge in [0.2, 0.25) is 0 Å². The molecule has 0 saturated carbocycles. The molecule has 164 valence electrons. The summed E-state index contributed by atoms with van der Waals surface area (Å²) < 4.78 is 17.0. The molecule has 5 heteroatoms. The van der Waals surface area contributed by atoms with Crippen molar-refractivity contribution in [2.45, 2.75) is 46.1 Å². The number of carbonyl (C=O) groups is 1. The Hall–Kier alpha value is -3.21. The predicted octanol–water partition coefficient (Wildman–Crippen LogP) is 6.18. The van der Waals surface area contributed by atoms with Crippen LogP contribution in [0.2, 0.25) is 0 Å². The number of rotatable bonds is 8. The quantitative estimate of drug-likeness (QED) is 0.515. The van der Waals surface area contributed by atoms with E-state index < -0.39 is 6.10 Å². The van der Waals surface area contributed by atoms with E-state index in [4.69, 9.17) is 14.2 Å². The Balaban J connectivity index is 1.70. The number of hydrogen-bond acceptors (Lipinski definition) is 5. The monoisotopic (exact) mass is 422 g/mol. The molecule has 2 aromatic carbocycles. The molecule has 1 atom stereocenters. The molecular weight excluding hydrogens is 392 g/mol. The van der Waals surface area contributed by atoms with Crippen LogP contribution in [0.5, 0.6) is 23.0 Å². The second-order valence-electron chi connectivity index (χ2n) is 8.00. The van der Waals surface area contributed by atoms with E-state index in [1.807, 2.05) is 30.3 Å². The minimum Gasteiger partial charge on any atom is -0.507 e.